The molecule has 1 aromatic heterocycles. The Labute approximate surface area is 189 Å². The number of carboxylic acids is 1. The highest BCUT2D eigenvalue weighted by Crippen LogP contribution is 2.35. The number of aryl methyl sites for hydroxylation is 2. The Morgan fingerprint density at radius 3 is 2.55 bits per heavy atom. The summed E-state index contributed by atoms with van der Waals surface area (Å²) < 4.78 is 17.8. The van der Waals surface area contributed by atoms with Crippen LogP contribution < -0.4 is 10.1 Å². The van der Waals surface area contributed by atoms with E-state index in [1.165, 1.54) is 23.9 Å². The molecule has 1 fully saturated rings. The van der Waals surface area contributed by atoms with Gasteiger partial charge in [0.2, 0.25) is 6.10 Å². The fourth-order valence-corrected chi connectivity index (χ4v) is 3.74. The average molecular weight is 452 g/mol. The molecule has 33 heavy (non-hydrogen) atoms. The third-order valence-corrected chi connectivity index (χ3v) is 5.75. The molecule has 9 nitrogen and oxygen atoms in total. The van der Waals surface area contributed by atoms with E-state index in [9.17, 15) is 19.5 Å². The van der Waals surface area contributed by atoms with Crippen LogP contribution in [0.25, 0.3) is 10.8 Å². The average Bonchev–Trinajstić information content (AvgIpc) is 3.41. The second-order valence-electron chi connectivity index (χ2n) is 8.25. The summed E-state index contributed by atoms with van der Waals surface area (Å²) in [6.45, 7) is 3.84. The third-order valence-electron chi connectivity index (χ3n) is 5.75. The number of aromatic nitrogens is 1. The smallest absolute Gasteiger partial charge is 0.352 e. The fraction of sp³-hybridized carbons (Fsp3) is 0.292. The van der Waals surface area contributed by atoms with E-state index in [0.29, 0.717) is 11.1 Å². The summed E-state index contributed by atoms with van der Waals surface area (Å²) >= 11 is 0. The van der Waals surface area contributed by atoms with Crippen molar-refractivity contribution in [3.05, 3.63) is 59.4 Å². The molecule has 1 aliphatic rings. The van der Waals surface area contributed by atoms with Gasteiger partial charge < -0.3 is 29.2 Å². The van der Waals surface area contributed by atoms with E-state index in [-0.39, 0.29) is 23.6 Å². The molecule has 0 radical (unpaired) electrons. The quantitative estimate of drug-likeness (QED) is 0.417. The first-order valence-corrected chi connectivity index (χ1v) is 10.3. The van der Waals surface area contributed by atoms with Crippen LogP contribution in [0.15, 0.2) is 42.6 Å². The minimum absolute atomic E-state index is 0.00551. The minimum atomic E-state index is -1.25. The topological polar surface area (TPSA) is 119 Å². The Hall–Kier alpha value is -3.85. The van der Waals surface area contributed by atoms with Gasteiger partial charge in [0.05, 0.1) is 25.0 Å². The first kappa shape index (κ1) is 22.3. The first-order chi connectivity index (χ1) is 15.6. The van der Waals surface area contributed by atoms with Crippen LogP contribution in [0.4, 0.5) is 5.69 Å². The van der Waals surface area contributed by atoms with Crippen LogP contribution in [0.2, 0.25) is 0 Å². The number of carbonyl (C=O) groups is 3. The number of amides is 1. The number of rotatable bonds is 7. The van der Waals surface area contributed by atoms with Gasteiger partial charge in [-0.25, -0.2) is 9.59 Å². The number of benzene rings is 2. The van der Waals surface area contributed by atoms with Gasteiger partial charge in [0.1, 0.15) is 17.0 Å². The lowest BCUT2D eigenvalue weighted by Gasteiger charge is -2.21. The summed E-state index contributed by atoms with van der Waals surface area (Å²) in [4.78, 5) is 37.6. The van der Waals surface area contributed by atoms with Crippen molar-refractivity contribution in [1.82, 2.24) is 4.57 Å². The van der Waals surface area contributed by atoms with Crippen molar-refractivity contribution >= 4 is 34.3 Å². The van der Waals surface area contributed by atoms with Crippen molar-refractivity contribution in [2.75, 3.05) is 19.0 Å². The van der Waals surface area contributed by atoms with Gasteiger partial charge >= 0.3 is 11.9 Å². The molecule has 1 aliphatic heterocycles. The second kappa shape index (κ2) is 8.25. The molecule has 1 saturated heterocycles. The molecule has 172 valence electrons. The molecule has 0 bridgehead atoms. The van der Waals surface area contributed by atoms with E-state index >= 15 is 0 Å². The molecule has 2 heterocycles. The molecule has 9 heteroatoms. The van der Waals surface area contributed by atoms with E-state index < -0.39 is 29.6 Å². The lowest BCUT2D eigenvalue weighted by molar-refractivity contribution is -0.127. The van der Waals surface area contributed by atoms with Crippen LogP contribution in [0.1, 0.15) is 33.3 Å². The summed E-state index contributed by atoms with van der Waals surface area (Å²) in [5.41, 5.74) is 0.529. The van der Waals surface area contributed by atoms with Crippen molar-refractivity contribution < 1.29 is 33.7 Å². The molecule has 0 saturated carbocycles. The Kier molecular flexibility index (Phi) is 5.59. The predicted molar refractivity (Wildman–Crippen MR) is 120 cm³/mol. The van der Waals surface area contributed by atoms with E-state index in [1.54, 1.807) is 26.1 Å². The van der Waals surface area contributed by atoms with Gasteiger partial charge in [-0.2, -0.15) is 0 Å². The number of anilines is 1. The number of nitrogens with one attached hydrogen (secondary N) is 1. The molecule has 2 atom stereocenters. The molecule has 0 unspecified atom stereocenters. The van der Waals surface area contributed by atoms with Gasteiger partial charge in [0.25, 0.3) is 5.91 Å². The molecule has 2 N–H and O–H groups in total. The lowest BCUT2D eigenvalue weighted by Crippen LogP contribution is -2.42. The molecule has 1 amide bonds. The zero-order valence-corrected chi connectivity index (χ0v) is 18.7. The Morgan fingerprint density at radius 1 is 1.21 bits per heavy atom. The van der Waals surface area contributed by atoms with E-state index in [2.05, 4.69) is 5.32 Å². The van der Waals surface area contributed by atoms with Gasteiger partial charge in [0.15, 0.2) is 0 Å². The molecule has 2 aromatic carbocycles. The summed E-state index contributed by atoms with van der Waals surface area (Å²) in [5.74, 6) is -1.95. The third kappa shape index (κ3) is 4.27. The molecule has 3 aromatic rings. The highest BCUT2D eigenvalue weighted by molar-refractivity contribution is 6.07. The number of carboxylic acid groups (broad SMARTS) is 1. The van der Waals surface area contributed by atoms with Crippen LogP contribution in [0.3, 0.4) is 0 Å². The summed E-state index contributed by atoms with van der Waals surface area (Å²) in [7, 11) is 3.06. The minimum Gasteiger partial charge on any atom is -0.497 e. The highest BCUT2D eigenvalue weighted by Gasteiger charge is 2.53. The van der Waals surface area contributed by atoms with Gasteiger partial charge in [-0.1, -0.05) is 18.2 Å². The maximum absolute atomic E-state index is 13.2. The number of hydrogen-bond acceptors (Lipinski definition) is 6. The largest absolute Gasteiger partial charge is 0.497 e. The SMILES string of the molecule is COc1cc(C(=O)O[C@@H](C(=O)Nc2cc(C(=O)O)n(C)c2)[C@@]2(C)CO2)c2cccc(C)c2c1. The molecular formula is C24H24N2O7. The number of hydrogen-bond donors (Lipinski definition) is 2. The van der Waals surface area contributed by atoms with Gasteiger partial charge in [-0.05, 0) is 48.4 Å². The monoisotopic (exact) mass is 452 g/mol. The number of epoxide rings is 1. The van der Waals surface area contributed by atoms with E-state index in [4.69, 9.17) is 14.2 Å². The van der Waals surface area contributed by atoms with Crippen LogP contribution in [-0.2, 0) is 21.3 Å². The first-order valence-electron chi connectivity index (χ1n) is 10.3. The standard InChI is InChI=1S/C24H24N2O7/c1-13-6-5-7-16-17(13)9-15(31-4)10-18(16)23(30)33-20(24(2)12-32-24)21(27)25-14-8-19(22(28)29)26(3)11-14/h5-11,20H,12H2,1-4H3,(H,25,27)(H,28,29)/t20-,24+/m0/s1. The zero-order chi connectivity index (χ0) is 23.9. The zero-order valence-electron chi connectivity index (χ0n) is 18.7. The van der Waals surface area contributed by atoms with Crippen molar-refractivity contribution in [2.45, 2.75) is 25.6 Å². The van der Waals surface area contributed by atoms with E-state index in [1.807, 2.05) is 25.1 Å². The van der Waals surface area contributed by atoms with Crippen LogP contribution in [-0.4, -0.2) is 52.9 Å². The molecular weight excluding hydrogens is 428 g/mol. The summed E-state index contributed by atoms with van der Waals surface area (Å²) in [6, 6.07) is 10.3. The Balaban J connectivity index is 1.63. The number of nitrogens with zero attached hydrogens (tertiary/aromatic N) is 1. The lowest BCUT2D eigenvalue weighted by atomic mass is 10.00. The van der Waals surface area contributed by atoms with E-state index in [0.717, 1.165) is 10.9 Å². The van der Waals surface area contributed by atoms with Crippen molar-refractivity contribution in [2.24, 2.45) is 7.05 Å². The number of fused-ring (bicyclic) bond motifs is 1. The Morgan fingerprint density at radius 2 is 1.94 bits per heavy atom. The Bertz CT molecular complexity index is 1270. The second-order valence-corrected chi connectivity index (χ2v) is 8.25. The van der Waals surface area contributed by atoms with Crippen LogP contribution in [0.5, 0.6) is 5.75 Å². The van der Waals surface area contributed by atoms with Crippen molar-refractivity contribution in [3.8, 4) is 5.75 Å². The number of methoxy groups -OCH3 is 1. The maximum atomic E-state index is 13.2. The van der Waals surface area contributed by atoms with Crippen molar-refractivity contribution in [3.63, 3.8) is 0 Å². The van der Waals surface area contributed by atoms with Gasteiger partial charge in [-0.15, -0.1) is 0 Å². The fourth-order valence-electron chi connectivity index (χ4n) is 3.74. The normalized spacial score (nSPS) is 17.9. The summed E-state index contributed by atoms with van der Waals surface area (Å²) in [5, 5.41) is 13.4. The number of aromatic carboxylic acids is 1. The number of ether oxygens (including phenoxy) is 3. The van der Waals surface area contributed by atoms with Gasteiger partial charge in [-0.3, -0.25) is 4.79 Å². The van der Waals surface area contributed by atoms with Crippen molar-refractivity contribution in [1.29, 1.82) is 0 Å². The molecule has 4 rings (SSSR count). The maximum Gasteiger partial charge on any atom is 0.352 e. The number of esters is 1. The highest BCUT2D eigenvalue weighted by atomic mass is 16.6. The van der Waals surface area contributed by atoms with Crippen LogP contribution >= 0.6 is 0 Å². The molecule has 0 spiro atoms. The predicted octanol–water partition coefficient (Wildman–Crippen LogP) is 3.15. The number of carbonyl (C=O) groups excluding carboxylic acids is 2. The van der Waals surface area contributed by atoms with Gasteiger partial charge in [0, 0.05) is 13.2 Å². The summed E-state index contributed by atoms with van der Waals surface area (Å²) in [6.07, 6.45) is 0.221. The molecule has 0 aliphatic carbocycles. The van der Waals surface area contributed by atoms with Crippen LogP contribution in [0, 0.1) is 6.92 Å².